The van der Waals surface area contributed by atoms with E-state index in [-0.39, 0.29) is 18.1 Å². The van der Waals surface area contributed by atoms with Crippen molar-refractivity contribution in [2.24, 2.45) is 0 Å². The molecular formula is C23H21N3O4S. The molecule has 1 fully saturated rings. The Labute approximate surface area is 182 Å². The predicted octanol–water partition coefficient (Wildman–Crippen LogP) is 2.00. The Morgan fingerprint density at radius 2 is 1.97 bits per heavy atom. The quantitative estimate of drug-likeness (QED) is 0.490. The summed E-state index contributed by atoms with van der Waals surface area (Å²) in [6, 6.07) is 13.2. The number of para-hydroxylation sites is 1. The maximum Gasteiger partial charge on any atom is 0.274 e. The van der Waals surface area contributed by atoms with Crippen molar-refractivity contribution in [2.75, 3.05) is 32.9 Å². The van der Waals surface area contributed by atoms with Crippen LogP contribution in [0.25, 0.3) is 22.1 Å². The van der Waals surface area contributed by atoms with Crippen LogP contribution in [0.3, 0.4) is 0 Å². The molecule has 2 aromatic carbocycles. The lowest BCUT2D eigenvalue weighted by atomic mass is 10.2. The van der Waals surface area contributed by atoms with Gasteiger partial charge in [-0.3, -0.25) is 9.59 Å². The van der Waals surface area contributed by atoms with Crippen LogP contribution in [-0.4, -0.2) is 53.1 Å². The number of aromatic nitrogens is 2. The number of hydrogen-bond donors (Lipinski definition) is 0. The van der Waals surface area contributed by atoms with Crippen LogP contribution in [0.4, 0.5) is 0 Å². The van der Waals surface area contributed by atoms with Crippen molar-refractivity contribution in [1.82, 2.24) is 14.3 Å². The van der Waals surface area contributed by atoms with Gasteiger partial charge in [0.05, 0.1) is 28.8 Å². The number of amides is 1. The summed E-state index contributed by atoms with van der Waals surface area (Å²) in [7, 11) is 0. The molecule has 0 N–H and O–H groups in total. The monoisotopic (exact) mass is 435 g/mol. The van der Waals surface area contributed by atoms with Crippen molar-refractivity contribution in [2.45, 2.75) is 6.92 Å². The molecule has 1 saturated heterocycles. The molecule has 1 aliphatic rings. The Hall–Kier alpha value is -3.23. The topological polar surface area (TPSA) is 73.1 Å². The zero-order valence-corrected chi connectivity index (χ0v) is 17.9. The van der Waals surface area contributed by atoms with Gasteiger partial charge in [-0.15, -0.1) is 0 Å². The molecule has 2 aromatic heterocycles. The largest absolute Gasteiger partial charge is 0.484 e. The van der Waals surface area contributed by atoms with Gasteiger partial charge in [0.1, 0.15) is 5.75 Å². The second kappa shape index (κ2) is 8.13. The molecule has 0 unspecified atom stereocenters. The third-order valence-electron chi connectivity index (χ3n) is 5.38. The summed E-state index contributed by atoms with van der Waals surface area (Å²) in [4.78, 5) is 32.2. The first-order valence-corrected chi connectivity index (χ1v) is 10.9. The van der Waals surface area contributed by atoms with Crippen LogP contribution in [0, 0.1) is 6.92 Å². The Morgan fingerprint density at radius 1 is 1.19 bits per heavy atom. The zero-order chi connectivity index (χ0) is 21.4. The number of thiazole rings is 1. The third kappa shape index (κ3) is 3.80. The summed E-state index contributed by atoms with van der Waals surface area (Å²) in [5.41, 5.74) is 3.58. The fraction of sp³-hybridized carbons (Fsp3) is 0.261. The van der Waals surface area contributed by atoms with Crippen molar-refractivity contribution in [3.8, 4) is 5.75 Å². The SMILES string of the molecule is Cc1cccc2c1nc1s/c(=C/c3ccc(OCC(=O)N4CCOCC4)cc3)c(=O)n12. The van der Waals surface area contributed by atoms with E-state index in [0.717, 1.165) is 22.2 Å². The van der Waals surface area contributed by atoms with Crippen molar-refractivity contribution < 1.29 is 14.3 Å². The van der Waals surface area contributed by atoms with Gasteiger partial charge < -0.3 is 14.4 Å². The van der Waals surface area contributed by atoms with E-state index in [4.69, 9.17) is 9.47 Å². The van der Waals surface area contributed by atoms with E-state index in [2.05, 4.69) is 4.98 Å². The molecule has 3 heterocycles. The van der Waals surface area contributed by atoms with Crippen molar-refractivity contribution in [3.05, 3.63) is 68.5 Å². The van der Waals surface area contributed by atoms with Gasteiger partial charge in [0.2, 0.25) is 0 Å². The van der Waals surface area contributed by atoms with E-state index < -0.39 is 0 Å². The molecule has 4 aromatic rings. The first kappa shape index (κ1) is 19.7. The van der Waals surface area contributed by atoms with Crippen LogP contribution >= 0.6 is 11.3 Å². The number of fused-ring (bicyclic) bond motifs is 3. The average Bonchev–Trinajstić information content (AvgIpc) is 3.31. The van der Waals surface area contributed by atoms with Crippen LogP contribution in [0.5, 0.6) is 5.75 Å². The smallest absolute Gasteiger partial charge is 0.274 e. The molecule has 1 aliphatic heterocycles. The maximum atomic E-state index is 12.9. The minimum Gasteiger partial charge on any atom is -0.484 e. The van der Waals surface area contributed by atoms with Crippen LogP contribution in [0.15, 0.2) is 47.3 Å². The number of nitrogens with zero attached hydrogens (tertiary/aromatic N) is 3. The van der Waals surface area contributed by atoms with Gasteiger partial charge >= 0.3 is 0 Å². The molecule has 0 saturated carbocycles. The van der Waals surface area contributed by atoms with E-state index in [1.165, 1.54) is 11.3 Å². The summed E-state index contributed by atoms with van der Waals surface area (Å²) in [6.07, 6.45) is 1.85. The van der Waals surface area contributed by atoms with Gasteiger partial charge in [-0.05, 0) is 42.3 Å². The lowest BCUT2D eigenvalue weighted by Crippen LogP contribution is -2.42. The van der Waals surface area contributed by atoms with Crippen molar-refractivity contribution in [1.29, 1.82) is 0 Å². The maximum absolute atomic E-state index is 12.9. The molecule has 7 nitrogen and oxygen atoms in total. The summed E-state index contributed by atoms with van der Waals surface area (Å²) in [5.74, 6) is 0.572. The van der Waals surface area contributed by atoms with Crippen molar-refractivity contribution in [3.63, 3.8) is 0 Å². The Balaban J connectivity index is 1.34. The molecule has 0 atom stereocenters. The van der Waals surface area contributed by atoms with Gasteiger partial charge in [0.15, 0.2) is 11.6 Å². The standard InChI is InChI=1S/C23H21N3O4S/c1-15-3-2-4-18-21(15)24-23-26(18)22(28)19(31-23)13-16-5-7-17(8-6-16)30-14-20(27)25-9-11-29-12-10-25/h2-8,13H,9-12,14H2,1H3/b19-13+. The highest BCUT2D eigenvalue weighted by atomic mass is 32.1. The molecule has 0 spiro atoms. The molecule has 1 amide bonds. The summed E-state index contributed by atoms with van der Waals surface area (Å²) >= 11 is 1.38. The van der Waals surface area contributed by atoms with Gasteiger partial charge in [-0.2, -0.15) is 0 Å². The van der Waals surface area contributed by atoms with E-state index in [9.17, 15) is 9.59 Å². The number of rotatable bonds is 4. The molecule has 8 heteroatoms. The first-order chi connectivity index (χ1) is 15.1. The van der Waals surface area contributed by atoms with E-state index >= 15 is 0 Å². The summed E-state index contributed by atoms with van der Waals surface area (Å²) in [6.45, 7) is 4.35. The summed E-state index contributed by atoms with van der Waals surface area (Å²) in [5, 5.41) is 0. The number of morpholine rings is 1. The normalized spacial score (nSPS) is 15.1. The number of hydrogen-bond acceptors (Lipinski definition) is 6. The minimum atomic E-state index is -0.0652. The lowest BCUT2D eigenvalue weighted by molar-refractivity contribution is -0.137. The predicted molar refractivity (Wildman–Crippen MR) is 120 cm³/mol. The number of benzene rings is 2. The number of ether oxygens (including phenoxy) is 2. The second-order valence-electron chi connectivity index (χ2n) is 7.44. The number of carbonyl (C=O) groups is 1. The van der Waals surface area contributed by atoms with Gasteiger partial charge in [0, 0.05) is 13.1 Å². The number of aryl methyl sites for hydroxylation is 1. The Morgan fingerprint density at radius 3 is 2.74 bits per heavy atom. The van der Waals surface area contributed by atoms with Gasteiger partial charge in [-0.25, -0.2) is 9.38 Å². The Bertz CT molecular complexity index is 1370. The van der Waals surface area contributed by atoms with Crippen LogP contribution in [0.2, 0.25) is 0 Å². The van der Waals surface area contributed by atoms with Crippen LogP contribution < -0.4 is 14.8 Å². The fourth-order valence-electron chi connectivity index (χ4n) is 3.69. The zero-order valence-electron chi connectivity index (χ0n) is 17.0. The molecule has 5 rings (SSSR count). The lowest BCUT2D eigenvalue weighted by Gasteiger charge is -2.26. The second-order valence-corrected chi connectivity index (χ2v) is 8.45. The number of carbonyl (C=O) groups excluding carboxylic acids is 1. The average molecular weight is 436 g/mol. The third-order valence-corrected chi connectivity index (χ3v) is 6.34. The van der Waals surface area contributed by atoms with E-state index in [0.29, 0.717) is 41.5 Å². The van der Waals surface area contributed by atoms with Crippen LogP contribution in [-0.2, 0) is 9.53 Å². The Kier molecular flexibility index (Phi) is 5.17. The highest BCUT2D eigenvalue weighted by molar-refractivity contribution is 7.15. The van der Waals surface area contributed by atoms with E-state index in [1.54, 1.807) is 21.4 Å². The molecule has 158 valence electrons. The van der Waals surface area contributed by atoms with Crippen molar-refractivity contribution >= 4 is 39.3 Å². The van der Waals surface area contributed by atoms with E-state index in [1.807, 2.05) is 43.3 Å². The summed E-state index contributed by atoms with van der Waals surface area (Å²) < 4.78 is 13.2. The first-order valence-electron chi connectivity index (χ1n) is 10.1. The highest BCUT2D eigenvalue weighted by Crippen LogP contribution is 2.19. The van der Waals surface area contributed by atoms with Crippen LogP contribution in [0.1, 0.15) is 11.1 Å². The molecule has 0 bridgehead atoms. The fourth-order valence-corrected chi connectivity index (χ4v) is 4.67. The molecule has 31 heavy (non-hydrogen) atoms. The molecular weight excluding hydrogens is 414 g/mol. The molecule has 0 aliphatic carbocycles. The van der Waals surface area contributed by atoms with Gasteiger partial charge in [0.25, 0.3) is 11.5 Å². The number of imidazole rings is 1. The van der Waals surface area contributed by atoms with Gasteiger partial charge in [-0.1, -0.05) is 35.6 Å². The highest BCUT2D eigenvalue weighted by Gasteiger charge is 2.17. The minimum absolute atomic E-state index is 0.00236. The molecule has 0 radical (unpaired) electrons.